The second-order valence-corrected chi connectivity index (χ2v) is 9.01. The summed E-state index contributed by atoms with van der Waals surface area (Å²) < 4.78 is 36.8. The number of furan rings is 1. The van der Waals surface area contributed by atoms with Crippen LogP contribution < -0.4 is 19.9 Å². The standard InChI is InChI=1S/C27H18BrFN2O5/c1-13-18-10-15(29)4-8-22(18)35-25(13)27(32)34-16-5-6-17-23(11-16)36-26(31)20(12-30)24(17)19-9-14(28)3-7-21(19)33-2/h3-11,24H,31H2,1-2H3. The molecule has 1 aromatic heterocycles. The maximum absolute atomic E-state index is 13.6. The third kappa shape index (κ3) is 3.95. The smallest absolute Gasteiger partial charge is 0.379 e. The number of nitrogens with two attached hydrogens (primary N) is 1. The summed E-state index contributed by atoms with van der Waals surface area (Å²) >= 11 is 3.47. The highest BCUT2D eigenvalue weighted by Gasteiger charge is 2.33. The first-order valence-corrected chi connectivity index (χ1v) is 11.6. The molecule has 5 rings (SSSR count). The normalized spacial score (nSPS) is 14.7. The van der Waals surface area contributed by atoms with E-state index in [-0.39, 0.29) is 23.0 Å². The van der Waals surface area contributed by atoms with Gasteiger partial charge in [-0.1, -0.05) is 22.0 Å². The molecule has 0 aliphatic carbocycles. The van der Waals surface area contributed by atoms with Gasteiger partial charge in [0.2, 0.25) is 11.6 Å². The number of aryl methyl sites for hydroxylation is 1. The predicted octanol–water partition coefficient (Wildman–Crippen LogP) is 6.09. The fraction of sp³-hybridized carbons (Fsp3) is 0.111. The van der Waals surface area contributed by atoms with Gasteiger partial charge < -0.3 is 24.4 Å². The van der Waals surface area contributed by atoms with Crippen LogP contribution in [-0.4, -0.2) is 13.1 Å². The van der Waals surface area contributed by atoms with Gasteiger partial charge >= 0.3 is 5.97 Å². The Morgan fingerprint density at radius 3 is 2.69 bits per heavy atom. The van der Waals surface area contributed by atoms with Crippen molar-refractivity contribution in [2.45, 2.75) is 12.8 Å². The van der Waals surface area contributed by atoms with Gasteiger partial charge in [-0.15, -0.1) is 0 Å². The van der Waals surface area contributed by atoms with Crippen LogP contribution >= 0.6 is 15.9 Å². The maximum atomic E-state index is 13.6. The average Bonchev–Trinajstić information content (AvgIpc) is 3.18. The first-order valence-electron chi connectivity index (χ1n) is 10.8. The molecule has 36 heavy (non-hydrogen) atoms. The van der Waals surface area contributed by atoms with E-state index in [1.165, 1.54) is 24.3 Å². The Labute approximate surface area is 213 Å². The zero-order chi connectivity index (χ0) is 25.6. The van der Waals surface area contributed by atoms with Crippen molar-refractivity contribution >= 4 is 32.9 Å². The topological polar surface area (TPSA) is 108 Å². The Balaban J connectivity index is 1.52. The van der Waals surface area contributed by atoms with E-state index >= 15 is 0 Å². The third-order valence-electron chi connectivity index (χ3n) is 5.99. The van der Waals surface area contributed by atoms with Gasteiger partial charge in [0.1, 0.15) is 40.3 Å². The lowest BCUT2D eigenvalue weighted by molar-refractivity contribution is 0.0702. The van der Waals surface area contributed by atoms with Gasteiger partial charge in [-0.25, -0.2) is 9.18 Å². The number of carbonyl (C=O) groups excluding carboxylic acids is 1. The highest BCUT2D eigenvalue weighted by atomic mass is 79.9. The molecule has 2 heterocycles. The number of fused-ring (bicyclic) bond motifs is 2. The molecule has 1 unspecified atom stereocenters. The van der Waals surface area contributed by atoms with Gasteiger partial charge in [0.05, 0.1) is 13.0 Å². The van der Waals surface area contributed by atoms with Gasteiger partial charge in [-0.2, -0.15) is 5.26 Å². The van der Waals surface area contributed by atoms with E-state index in [4.69, 9.17) is 24.4 Å². The second-order valence-electron chi connectivity index (χ2n) is 8.10. The zero-order valence-electron chi connectivity index (χ0n) is 19.1. The molecule has 1 aliphatic rings. The monoisotopic (exact) mass is 548 g/mol. The molecular formula is C27H18BrFN2O5. The largest absolute Gasteiger partial charge is 0.496 e. The molecule has 2 N–H and O–H groups in total. The number of esters is 1. The Kier molecular flexibility index (Phi) is 5.90. The van der Waals surface area contributed by atoms with E-state index < -0.39 is 17.7 Å². The molecule has 0 bridgehead atoms. The lowest BCUT2D eigenvalue weighted by Gasteiger charge is -2.27. The Hall–Kier alpha value is -4.29. The van der Waals surface area contributed by atoms with Crippen LogP contribution in [-0.2, 0) is 0 Å². The Morgan fingerprint density at radius 1 is 1.14 bits per heavy atom. The predicted molar refractivity (Wildman–Crippen MR) is 132 cm³/mol. The van der Waals surface area contributed by atoms with Crippen molar-refractivity contribution in [2.75, 3.05) is 7.11 Å². The van der Waals surface area contributed by atoms with Gasteiger partial charge in [-0.3, -0.25) is 0 Å². The van der Waals surface area contributed by atoms with Crippen LogP contribution in [0.1, 0.15) is 33.2 Å². The second kappa shape index (κ2) is 9.06. The number of nitriles is 1. The molecule has 7 nitrogen and oxygen atoms in total. The molecule has 9 heteroatoms. The SMILES string of the molecule is COc1ccc(Br)cc1C1C(C#N)=C(N)Oc2cc(OC(=O)c3oc4ccc(F)cc4c3C)ccc21. The summed E-state index contributed by atoms with van der Waals surface area (Å²) in [5.41, 5.74) is 8.54. The first kappa shape index (κ1) is 23.5. The number of methoxy groups -OCH3 is 1. The molecule has 0 amide bonds. The summed E-state index contributed by atoms with van der Waals surface area (Å²) in [7, 11) is 1.54. The molecule has 1 atom stereocenters. The summed E-state index contributed by atoms with van der Waals surface area (Å²) in [6.07, 6.45) is 0. The van der Waals surface area contributed by atoms with E-state index in [9.17, 15) is 14.4 Å². The molecule has 0 fully saturated rings. The van der Waals surface area contributed by atoms with Crippen LogP contribution in [0.25, 0.3) is 11.0 Å². The fourth-order valence-corrected chi connectivity index (χ4v) is 4.67. The van der Waals surface area contributed by atoms with Crippen LogP contribution in [0, 0.1) is 24.1 Å². The van der Waals surface area contributed by atoms with Gasteiger partial charge in [0.25, 0.3) is 0 Å². The Morgan fingerprint density at radius 2 is 1.94 bits per heavy atom. The minimum absolute atomic E-state index is 0.0304. The van der Waals surface area contributed by atoms with Crippen molar-refractivity contribution in [3.8, 4) is 23.3 Å². The molecule has 4 aromatic rings. The fourth-order valence-electron chi connectivity index (χ4n) is 4.29. The van der Waals surface area contributed by atoms with Crippen molar-refractivity contribution in [2.24, 2.45) is 5.73 Å². The highest BCUT2D eigenvalue weighted by Crippen LogP contribution is 2.46. The molecular weight excluding hydrogens is 531 g/mol. The third-order valence-corrected chi connectivity index (χ3v) is 6.48. The number of hydrogen-bond acceptors (Lipinski definition) is 7. The zero-order valence-corrected chi connectivity index (χ0v) is 20.7. The molecule has 0 spiro atoms. The van der Waals surface area contributed by atoms with Gasteiger partial charge in [-0.05, 0) is 49.4 Å². The number of rotatable bonds is 4. The number of allylic oxidation sites excluding steroid dienone is 1. The minimum atomic E-state index is -0.744. The molecule has 0 saturated carbocycles. The van der Waals surface area contributed by atoms with E-state index in [2.05, 4.69) is 22.0 Å². The first-order chi connectivity index (χ1) is 17.3. The van der Waals surface area contributed by atoms with Crippen LogP contribution in [0.5, 0.6) is 17.2 Å². The van der Waals surface area contributed by atoms with Crippen molar-refractivity contribution in [1.82, 2.24) is 0 Å². The molecule has 0 saturated heterocycles. The van der Waals surface area contributed by atoms with E-state index in [1.807, 2.05) is 12.1 Å². The number of carbonyl (C=O) groups is 1. The van der Waals surface area contributed by atoms with Crippen LogP contribution in [0.4, 0.5) is 4.39 Å². The summed E-state index contributed by atoms with van der Waals surface area (Å²) in [4.78, 5) is 12.9. The number of hydrogen-bond donors (Lipinski definition) is 1. The minimum Gasteiger partial charge on any atom is -0.496 e. The lowest BCUT2D eigenvalue weighted by Crippen LogP contribution is -2.21. The van der Waals surface area contributed by atoms with Crippen molar-refractivity contribution in [3.05, 3.63) is 98.8 Å². The number of ether oxygens (including phenoxy) is 3. The molecule has 1 aliphatic heterocycles. The molecule has 180 valence electrons. The summed E-state index contributed by atoms with van der Waals surface area (Å²) in [5.74, 6) is -0.756. The van der Waals surface area contributed by atoms with E-state index in [0.29, 0.717) is 39.2 Å². The van der Waals surface area contributed by atoms with Gasteiger partial charge in [0.15, 0.2) is 0 Å². The highest BCUT2D eigenvalue weighted by molar-refractivity contribution is 9.10. The summed E-state index contributed by atoms with van der Waals surface area (Å²) in [6, 6.07) is 16.4. The van der Waals surface area contributed by atoms with Crippen molar-refractivity contribution < 1.29 is 27.8 Å². The Bertz CT molecular complexity index is 1620. The van der Waals surface area contributed by atoms with Gasteiger partial charge in [0, 0.05) is 32.6 Å². The summed E-state index contributed by atoms with van der Waals surface area (Å²) in [5, 5.41) is 10.3. The molecule has 3 aromatic carbocycles. The number of nitrogens with zero attached hydrogens (tertiary/aromatic N) is 1. The molecule has 0 radical (unpaired) electrons. The van der Waals surface area contributed by atoms with Crippen molar-refractivity contribution in [1.29, 1.82) is 5.26 Å². The maximum Gasteiger partial charge on any atom is 0.379 e. The van der Waals surface area contributed by atoms with E-state index in [1.54, 1.807) is 32.2 Å². The average molecular weight is 549 g/mol. The quantitative estimate of drug-likeness (QED) is 0.243. The van der Waals surface area contributed by atoms with Crippen molar-refractivity contribution in [3.63, 3.8) is 0 Å². The number of benzene rings is 3. The van der Waals surface area contributed by atoms with Crippen LogP contribution in [0.15, 0.2) is 74.9 Å². The van der Waals surface area contributed by atoms with E-state index in [0.717, 1.165) is 4.47 Å². The number of halogens is 2. The van der Waals surface area contributed by atoms with Crippen LogP contribution in [0.3, 0.4) is 0 Å². The summed E-state index contributed by atoms with van der Waals surface area (Å²) in [6.45, 7) is 1.66. The van der Waals surface area contributed by atoms with Crippen LogP contribution in [0.2, 0.25) is 0 Å². The lowest BCUT2D eigenvalue weighted by atomic mass is 9.83.